The van der Waals surface area contributed by atoms with Crippen LogP contribution >= 0.6 is 23.4 Å². The maximum atomic E-state index is 10.6. The van der Waals surface area contributed by atoms with Crippen LogP contribution < -0.4 is 0 Å². The molecular weight excluding hydrogens is 274 g/mol. The van der Waals surface area contributed by atoms with Gasteiger partial charge in [0.1, 0.15) is 10.2 Å². The van der Waals surface area contributed by atoms with Crippen molar-refractivity contribution >= 4 is 23.4 Å². The van der Waals surface area contributed by atoms with Crippen LogP contribution in [0.2, 0.25) is 5.15 Å². The first-order chi connectivity index (χ1) is 8.65. The van der Waals surface area contributed by atoms with Gasteiger partial charge < -0.3 is 4.90 Å². The summed E-state index contributed by atoms with van der Waals surface area (Å²) in [7, 11) is 0. The molecule has 0 atom stereocenters. The van der Waals surface area contributed by atoms with Gasteiger partial charge in [-0.15, -0.1) is 11.8 Å². The molecule has 1 fully saturated rings. The van der Waals surface area contributed by atoms with Crippen molar-refractivity contribution in [1.29, 1.82) is 0 Å². The van der Waals surface area contributed by atoms with Gasteiger partial charge in [0.25, 0.3) is 6.20 Å². The van der Waals surface area contributed by atoms with Gasteiger partial charge in [0.2, 0.25) is 0 Å². The molecule has 0 radical (unpaired) electrons. The molecular formula is C11H12ClN3O2S. The summed E-state index contributed by atoms with van der Waals surface area (Å²) in [6.07, 6.45) is 3.80. The Labute approximate surface area is 114 Å². The van der Waals surface area contributed by atoms with Crippen molar-refractivity contribution in [2.24, 2.45) is 0 Å². The summed E-state index contributed by atoms with van der Waals surface area (Å²) in [6, 6.07) is 3.61. The van der Waals surface area contributed by atoms with Crippen molar-refractivity contribution < 1.29 is 4.92 Å². The molecule has 0 aliphatic carbocycles. The Bertz CT molecular complexity index is 464. The molecule has 1 saturated heterocycles. The average molecular weight is 286 g/mol. The number of halogens is 1. The number of thioether (sulfide) groups is 1. The number of pyridine rings is 1. The van der Waals surface area contributed by atoms with E-state index in [0.717, 1.165) is 30.5 Å². The van der Waals surface area contributed by atoms with Crippen molar-refractivity contribution in [3.63, 3.8) is 0 Å². The van der Waals surface area contributed by atoms with Gasteiger partial charge in [-0.1, -0.05) is 17.7 Å². The topological polar surface area (TPSA) is 59.3 Å². The third kappa shape index (κ3) is 3.61. The largest absolute Gasteiger partial charge is 0.357 e. The van der Waals surface area contributed by atoms with Crippen LogP contribution in [-0.4, -0.2) is 27.1 Å². The van der Waals surface area contributed by atoms with E-state index in [-0.39, 0.29) is 0 Å². The molecule has 96 valence electrons. The van der Waals surface area contributed by atoms with Crippen LogP contribution in [0.5, 0.6) is 0 Å². The van der Waals surface area contributed by atoms with E-state index in [4.69, 9.17) is 11.6 Å². The van der Waals surface area contributed by atoms with Gasteiger partial charge in [-0.2, -0.15) is 0 Å². The lowest BCUT2D eigenvalue weighted by Gasteiger charge is -2.29. The standard InChI is InChI=1S/C11H12ClN3O2S/c12-10-3-2-9(6-13-10)7-14-4-1-5-18-11(14)8-15(16)17/h2-3,6,8H,1,4-5,7H2. The summed E-state index contributed by atoms with van der Waals surface area (Å²) in [5.41, 5.74) is 0.996. The van der Waals surface area contributed by atoms with Gasteiger partial charge in [0.15, 0.2) is 0 Å². The number of aromatic nitrogens is 1. The predicted octanol–water partition coefficient (Wildman–Crippen LogP) is 2.75. The summed E-state index contributed by atoms with van der Waals surface area (Å²) < 4.78 is 0. The maximum Gasteiger partial charge on any atom is 0.264 e. The minimum absolute atomic E-state index is 0.402. The molecule has 18 heavy (non-hydrogen) atoms. The van der Waals surface area contributed by atoms with Gasteiger partial charge in [-0.3, -0.25) is 10.1 Å². The summed E-state index contributed by atoms with van der Waals surface area (Å²) >= 11 is 7.24. The Morgan fingerprint density at radius 2 is 2.44 bits per heavy atom. The normalized spacial score (nSPS) is 18.1. The Balaban J connectivity index is 2.10. The fourth-order valence-electron chi connectivity index (χ4n) is 1.72. The molecule has 0 N–H and O–H groups in total. The lowest BCUT2D eigenvalue weighted by Crippen LogP contribution is -2.27. The predicted molar refractivity (Wildman–Crippen MR) is 71.8 cm³/mol. The summed E-state index contributed by atoms with van der Waals surface area (Å²) in [5.74, 6) is 0.926. The monoisotopic (exact) mass is 285 g/mol. The number of hydrogen-bond donors (Lipinski definition) is 0. The van der Waals surface area contributed by atoms with Gasteiger partial charge in [0.05, 0.1) is 4.92 Å². The highest BCUT2D eigenvalue weighted by Gasteiger charge is 2.18. The molecule has 1 aliphatic rings. The number of nitrogens with zero attached hydrogens (tertiary/aromatic N) is 3. The Hall–Kier alpha value is -1.27. The van der Waals surface area contributed by atoms with Gasteiger partial charge in [-0.05, 0) is 18.1 Å². The second-order valence-corrected chi connectivity index (χ2v) is 5.37. The van der Waals surface area contributed by atoms with Gasteiger partial charge >= 0.3 is 0 Å². The second-order valence-electron chi connectivity index (χ2n) is 3.87. The van der Waals surface area contributed by atoms with E-state index in [2.05, 4.69) is 4.98 Å². The SMILES string of the molecule is O=[N+]([O-])C=C1SCCCN1Cc1ccc(Cl)nc1. The van der Waals surface area contributed by atoms with E-state index < -0.39 is 4.92 Å². The molecule has 0 amide bonds. The van der Waals surface area contributed by atoms with E-state index in [1.807, 2.05) is 11.0 Å². The first kappa shape index (κ1) is 13.2. The second kappa shape index (κ2) is 6.06. The highest BCUT2D eigenvalue weighted by Crippen LogP contribution is 2.28. The molecule has 0 bridgehead atoms. The molecule has 0 unspecified atom stereocenters. The zero-order chi connectivity index (χ0) is 13.0. The molecule has 1 aromatic rings. The van der Waals surface area contributed by atoms with Crippen molar-refractivity contribution in [1.82, 2.24) is 9.88 Å². The van der Waals surface area contributed by atoms with Crippen LogP contribution in [0.25, 0.3) is 0 Å². The van der Waals surface area contributed by atoms with Crippen LogP contribution in [0.1, 0.15) is 12.0 Å². The van der Waals surface area contributed by atoms with Gasteiger partial charge in [-0.25, -0.2) is 4.98 Å². The fourth-order valence-corrected chi connectivity index (χ4v) is 2.81. The minimum Gasteiger partial charge on any atom is -0.357 e. The highest BCUT2D eigenvalue weighted by atomic mass is 35.5. The van der Waals surface area contributed by atoms with Crippen LogP contribution in [0.4, 0.5) is 0 Å². The van der Waals surface area contributed by atoms with E-state index >= 15 is 0 Å². The third-order valence-electron chi connectivity index (χ3n) is 2.51. The smallest absolute Gasteiger partial charge is 0.264 e. The molecule has 5 nitrogen and oxygen atoms in total. The summed E-state index contributed by atoms with van der Waals surface area (Å²) in [6.45, 7) is 1.45. The molecule has 7 heteroatoms. The van der Waals surface area contributed by atoms with Crippen molar-refractivity contribution in [2.75, 3.05) is 12.3 Å². The Morgan fingerprint density at radius 1 is 1.61 bits per heavy atom. The first-order valence-electron chi connectivity index (χ1n) is 5.48. The molecule has 2 rings (SSSR count). The van der Waals surface area contributed by atoms with Crippen LogP contribution in [0.15, 0.2) is 29.6 Å². The van der Waals surface area contributed by atoms with E-state index in [1.54, 1.807) is 12.3 Å². The zero-order valence-corrected chi connectivity index (χ0v) is 11.2. The number of rotatable bonds is 3. The third-order valence-corrected chi connectivity index (χ3v) is 3.89. The molecule has 0 saturated carbocycles. The highest BCUT2D eigenvalue weighted by molar-refractivity contribution is 8.03. The van der Waals surface area contributed by atoms with Crippen LogP contribution in [0.3, 0.4) is 0 Å². The van der Waals surface area contributed by atoms with E-state index in [9.17, 15) is 10.1 Å². The average Bonchev–Trinajstić information content (AvgIpc) is 2.34. The molecule has 0 spiro atoms. The molecule has 2 heterocycles. The number of nitro groups is 1. The molecule has 0 aromatic carbocycles. The summed E-state index contributed by atoms with van der Waals surface area (Å²) in [4.78, 5) is 16.2. The Kier molecular flexibility index (Phi) is 4.43. The Morgan fingerprint density at radius 3 is 3.11 bits per heavy atom. The van der Waals surface area contributed by atoms with E-state index in [0.29, 0.717) is 16.7 Å². The van der Waals surface area contributed by atoms with Crippen LogP contribution in [0, 0.1) is 10.1 Å². The summed E-state index contributed by atoms with van der Waals surface area (Å²) in [5, 5.41) is 11.7. The minimum atomic E-state index is -0.402. The van der Waals surface area contributed by atoms with Gasteiger partial charge in [0, 0.05) is 25.0 Å². The number of hydrogen-bond acceptors (Lipinski definition) is 5. The van der Waals surface area contributed by atoms with Crippen LogP contribution in [-0.2, 0) is 6.54 Å². The van der Waals surface area contributed by atoms with Crippen molar-refractivity contribution in [3.05, 3.63) is 50.4 Å². The quantitative estimate of drug-likeness (QED) is 0.485. The lowest BCUT2D eigenvalue weighted by molar-refractivity contribution is -0.403. The van der Waals surface area contributed by atoms with Crippen molar-refractivity contribution in [3.8, 4) is 0 Å². The fraction of sp³-hybridized carbons (Fsp3) is 0.364. The van der Waals surface area contributed by atoms with E-state index in [1.165, 1.54) is 11.8 Å². The zero-order valence-electron chi connectivity index (χ0n) is 9.58. The lowest BCUT2D eigenvalue weighted by atomic mass is 10.2. The first-order valence-corrected chi connectivity index (χ1v) is 6.85. The van der Waals surface area contributed by atoms with Crippen molar-refractivity contribution in [2.45, 2.75) is 13.0 Å². The molecule has 1 aliphatic heterocycles. The molecule has 1 aromatic heterocycles. The maximum absolute atomic E-state index is 10.6.